The largest absolute Gasteiger partial charge is 0.487 e. The molecule has 2 N–H and O–H groups in total. The topological polar surface area (TPSA) is 57.4 Å². The quantitative estimate of drug-likeness (QED) is 0.855. The maximum absolute atomic E-state index is 5.89. The third-order valence-corrected chi connectivity index (χ3v) is 3.98. The van der Waals surface area contributed by atoms with Gasteiger partial charge >= 0.3 is 7.12 Å². The Kier molecular flexibility index (Phi) is 4.32. The molecule has 20 heavy (non-hydrogen) atoms. The third kappa shape index (κ3) is 3.29. The van der Waals surface area contributed by atoms with Crippen LogP contribution in [-0.2, 0) is 15.7 Å². The summed E-state index contributed by atoms with van der Waals surface area (Å²) in [7, 11) is -0.328. The van der Waals surface area contributed by atoms with Gasteiger partial charge in [-0.1, -0.05) is 12.0 Å². The van der Waals surface area contributed by atoms with Crippen LogP contribution in [-0.4, -0.2) is 29.8 Å². The summed E-state index contributed by atoms with van der Waals surface area (Å²) < 4.78 is 11.8. The number of pyridine rings is 1. The Morgan fingerprint density at radius 3 is 2.35 bits per heavy atom. The Bertz CT molecular complexity index is 467. The van der Waals surface area contributed by atoms with Crippen molar-refractivity contribution in [3.05, 3.63) is 35.6 Å². The molecule has 4 nitrogen and oxygen atoms in total. The average molecular weight is 274 g/mol. The summed E-state index contributed by atoms with van der Waals surface area (Å²) in [6.45, 7) is 8.81. The second-order valence-corrected chi connectivity index (χ2v) is 6.11. The molecule has 0 bridgehead atoms. The van der Waals surface area contributed by atoms with Gasteiger partial charge in [-0.05, 0) is 58.4 Å². The van der Waals surface area contributed by atoms with Gasteiger partial charge in [0.1, 0.15) is 0 Å². The lowest BCUT2D eigenvalue weighted by Gasteiger charge is -2.32. The van der Waals surface area contributed by atoms with E-state index in [4.69, 9.17) is 15.0 Å². The Balaban J connectivity index is 2.00. The first-order valence-electron chi connectivity index (χ1n) is 7.03. The van der Waals surface area contributed by atoms with E-state index in [1.807, 2.05) is 58.1 Å². The Morgan fingerprint density at radius 1 is 1.20 bits per heavy atom. The summed E-state index contributed by atoms with van der Waals surface area (Å²) in [6, 6.07) is 4.02. The highest BCUT2D eigenvalue weighted by atomic mass is 16.7. The second-order valence-electron chi connectivity index (χ2n) is 6.11. The number of aromatic nitrogens is 1. The fourth-order valence-corrected chi connectivity index (χ4v) is 1.99. The van der Waals surface area contributed by atoms with Gasteiger partial charge in [-0.3, -0.25) is 4.98 Å². The third-order valence-electron chi connectivity index (χ3n) is 3.98. The summed E-state index contributed by atoms with van der Waals surface area (Å²) >= 11 is 0. The lowest BCUT2D eigenvalue weighted by Crippen LogP contribution is -2.41. The van der Waals surface area contributed by atoms with Crippen molar-refractivity contribution in [2.45, 2.75) is 45.3 Å². The molecule has 2 rings (SSSR count). The molecule has 0 atom stereocenters. The first kappa shape index (κ1) is 15.2. The predicted octanol–water partition coefficient (Wildman–Crippen LogP) is 2.23. The highest BCUT2D eigenvalue weighted by Gasteiger charge is 2.49. The first-order chi connectivity index (χ1) is 9.34. The second kappa shape index (κ2) is 5.68. The monoisotopic (exact) mass is 274 g/mol. The number of hydrogen-bond acceptors (Lipinski definition) is 4. The van der Waals surface area contributed by atoms with Crippen molar-refractivity contribution in [1.82, 2.24) is 4.98 Å². The summed E-state index contributed by atoms with van der Waals surface area (Å²) in [6.07, 6.45) is 4.64. The van der Waals surface area contributed by atoms with E-state index in [-0.39, 0.29) is 18.3 Å². The SMILES string of the molecule is CC1(C)OB(/C=C/c2ccc(CCN)cn2)OC1(C)C. The zero-order valence-electron chi connectivity index (χ0n) is 12.7. The van der Waals surface area contributed by atoms with Gasteiger partial charge in [0.15, 0.2) is 0 Å². The number of rotatable bonds is 4. The Morgan fingerprint density at radius 2 is 1.85 bits per heavy atom. The van der Waals surface area contributed by atoms with Crippen LogP contribution in [0.3, 0.4) is 0 Å². The Hall–Kier alpha value is -1.17. The number of nitrogens with zero attached hydrogens (tertiary/aromatic N) is 1. The van der Waals surface area contributed by atoms with E-state index in [9.17, 15) is 0 Å². The van der Waals surface area contributed by atoms with Crippen LogP contribution in [0.1, 0.15) is 39.0 Å². The fourth-order valence-electron chi connectivity index (χ4n) is 1.99. The normalized spacial score (nSPS) is 20.8. The van der Waals surface area contributed by atoms with Gasteiger partial charge in [0.05, 0.1) is 16.9 Å². The smallest absolute Gasteiger partial charge is 0.400 e. The van der Waals surface area contributed by atoms with Crippen LogP contribution in [0.4, 0.5) is 0 Å². The van der Waals surface area contributed by atoms with Crippen LogP contribution < -0.4 is 5.73 Å². The van der Waals surface area contributed by atoms with Crippen LogP contribution in [0.15, 0.2) is 24.3 Å². The van der Waals surface area contributed by atoms with Crippen molar-refractivity contribution in [2.24, 2.45) is 5.73 Å². The molecule has 2 heterocycles. The molecule has 5 heteroatoms. The Labute approximate surface area is 121 Å². The van der Waals surface area contributed by atoms with E-state index >= 15 is 0 Å². The maximum Gasteiger partial charge on any atom is 0.487 e. The fraction of sp³-hybridized carbons (Fsp3) is 0.533. The minimum absolute atomic E-state index is 0.305. The molecule has 0 spiro atoms. The van der Waals surface area contributed by atoms with Gasteiger partial charge in [-0.25, -0.2) is 0 Å². The number of hydrogen-bond donors (Lipinski definition) is 1. The summed E-state index contributed by atoms with van der Waals surface area (Å²) in [5, 5.41) is 0. The van der Waals surface area contributed by atoms with Crippen molar-refractivity contribution in [3.63, 3.8) is 0 Å². The molecule has 0 amide bonds. The van der Waals surface area contributed by atoms with Gasteiger partial charge in [-0.15, -0.1) is 0 Å². The lowest BCUT2D eigenvalue weighted by molar-refractivity contribution is 0.00578. The molecule has 108 valence electrons. The molecule has 0 unspecified atom stereocenters. The molecule has 1 saturated heterocycles. The minimum atomic E-state index is -0.328. The zero-order chi connectivity index (χ0) is 14.8. The minimum Gasteiger partial charge on any atom is -0.400 e. The van der Waals surface area contributed by atoms with Crippen molar-refractivity contribution in [2.75, 3.05) is 6.54 Å². The van der Waals surface area contributed by atoms with Crippen LogP contribution in [0.25, 0.3) is 6.08 Å². The van der Waals surface area contributed by atoms with Crippen LogP contribution in [0.2, 0.25) is 0 Å². The molecule has 1 aliphatic rings. The van der Waals surface area contributed by atoms with E-state index in [0.29, 0.717) is 6.54 Å². The number of nitrogens with two attached hydrogens (primary N) is 1. The molecule has 1 aliphatic heterocycles. The maximum atomic E-state index is 5.89. The first-order valence-corrected chi connectivity index (χ1v) is 7.03. The van der Waals surface area contributed by atoms with E-state index < -0.39 is 0 Å². The summed E-state index contributed by atoms with van der Waals surface area (Å²) in [4.78, 5) is 4.38. The standard InChI is InChI=1S/C15H23BN2O2/c1-14(2)15(3,4)20-16(19-14)9-7-13-6-5-12(8-10-17)11-18-13/h5-7,9,11H,8,10,17H2,1-4H3/b9-7+. The van der Waals surface area contributed by atoms with Gasteiger partial charge in [0.25, 0.3) is 0 Å². The van der Waals surface area contributed by atoms with Gasteiger partial charge in [0.2, 0.25) is 0 Å². The molecular weight excluding hydrogens is 251 g/mol. The highest BCUT2D eigenvalue weighted by molar-refractivity contribution is 6.52. The molecule has 0 aliphatic carbocycles. The lowest BCUT2D eigenvalue weighted by atomic mass is 9.89. The summed E-state index contributed by atoms with van der Waals surface area (Å²) in [5.74, 6) is 1.90. The zero-order valence-corrected chi connectivity index (χ0v) is 12.7. The van der Waals surface area contributed by atoms with Crippen LogP contribution in [0.5, 0.6) is 0 Å². The molecule has 0 saturated carbocycles. The molecule has 1 fully saturated rings. The van der Waals surface area contributed by atoms with Gasteiger partial charge in [-0.2, -0.15) is 0 Å². The van der Waals surface area contributed by atoms with E-state index in [2.05, 4.69) is 4.98 Å². The average Bonchev–Trinajstić information content (AvgIpc) is 2.57. The van der Waals surface area contributed by atoms with E-state index in [1.54, 1.807) is 0 Å². The van der Waals surface area contributed by atoms with Crippen LogP contribution >= 0.6 is 0 Å². The highest BCUT2D eigenvalue weighted by Crippen LogP contribution is 2.36. The molecule has 1 aromatic heterocycles. The summed E-state index contributed by atoms with van der Waals surface area (Å²) in [5.41, 5.74) is 6.95. The molecule has 1 aromatic rings. The van der Waals surface area contributed by atoms with Crippen molar-refractivity contribution < 1.29 is 9.31 Å². The van der Waals surface area contributed by atoms with E-state index in [1.165, 1.54) is 0 Å². The van der Waals surface area contributed by atoms with Crippen molar-refractivity contribution in [1.29, 1.82) is 0 Å². The van der Waals surface area contributed by atoms with Gasteiger partial charge < -0.3 is 15.0 Å². The molecule has 0 aromatic carbocycles. The van der Waals surface area contributed by atoms with Crippen LogP contribution in [0, 0.1) is 0 Å². The van der Waals surface area contributed by atoms with Crippen molar-refractivity contribution in [3.8, 4) is 0 Å². The van der Waals surface area contributed by atoms with E-state index in [0.717, 1.165) is 17.7 Å². The van der Waals surface area contributed by atoms with Crippen molar-refractivity contribution >= 4 is 13.2 Å². The van der Waals surface area contributed by atoms with Gasteiger partial charge in [0, 0.05) is 6.20 Å². The molecule has 0 radical (unpaired) electrons. The predicted molar refractivity (Wildman–Crippen MR) is 82.1 cm³/mol. The molecular formula is C15H23BN2O2.